The minimum Gasteiger partial charge on any atom is -0.195 e. The van der Waals surface area contributed by atoms with Crippen molar-refractivity contribution in [3.63, 3.8) is 0 Å². The van der Waals surface area contributed by atoms with E-state index in [4.69, 9.17) is 21.6 Å². The average Bonchev–Trinajstić information content (AvgIpc) is 1.19. The second kappa shape index (κ2) is 4.98. The predicted molar refractivity (Wildman–Crippen MR) is 32.3 cm³/mol. The van der Waals surface area contributed by atoms with Crippen molar-refractivity contribution < 1.29 is 16.8 Å². The van der Waals surface area contributed by atoms with E-state index in [1.807, 2.05) is 0 Å². The average molecular weight is 214 g/mol. The van der Waals surface area contributed by atoms with Crippen LogP contribution < -0.4 is 0 Å². The molecule has 0 radical (unpaired) electrons. The Morgan fingerprint density at radius 3 is 1.22 bits per heavy atom. The molecule has 0 aliphatic carbocycles. The molecule has 0 aliphatic rings. The van der Waals surface area contributed by atoms with E-state index >= 15 is 0 Å². The first-order valence-corrected chi connectivity index (χ1v) is 5.39. The number of rotatable bonds is 0. The van der Waals surface area contributed by atoms with Gasteiger partial charge in [-0.3, -0.25) is 0 Å². The molecule has 5 nitrogen and oxygen atoms in total. The van der Waals surface area contributed by atoms with Crippen molar-refractivity contribution in [2.24, 2.45) is 0 Å². The van der Waals surface area contributed by atoms with Gasteiger partial charge in [0.05, 0.1) is 0 Å². The first kappa shape index (κ1) is 11.9. The van der Waals surface area contributed by atoms with E-state index in [0.29, 0.717) is 0 Å². The second-order valence-corrected chi connectivity index (χ2v) is 4.75. The van der Waals surface area contributed by atoms with Crippen LogP contribution in [0.1, 0.15) is 0 Å². The van der Waals surface area contributed by atoms with Crippen LogP contribution in [0.4, 0.5) is 0 Å². The molecule has 0 rings (SSSR count). The van der Waals surface area contributed by atoms with Gasteiger partial charge in [-0.2, -0.15) is 21.6 Å². The fourth-order valence-electron chi connectivity index (χ4n) is 0. The van der Waals surface area contributed by atoms with Crippen LogP contribution in [0, 0.1) is 4.78 Å². The quantitative estimate of drug-likeness (QED) is 0.588. The smallest absolute Gasteiger partial charge is 0.195 e. The summed E-state index contributed by atoms with van der Waals surface area (Å²) in [5.41, 5.74) is 0. The van der Waals surface area contributed by atoms with Gasteiger partial charge in [-0.25, -0.2) is 0 Å². The van der Waals surface area contributed by atoms with E-state index in [2.05, 4.69) is 21.4 Å². The number of hydrogen-bond donors (Lipinski definition) is 1. The lowest BCUT2D eigenvalue weighted by atomic mass is 14.0. The highest BCUT2D eigenvalue weighted by Crippen LogP contribution is 1.98. The zero-order chi connectivity index (χ0) is 8.08. The maximum absolute atomic E-state index is 9.16. The fourth-order valence-corrected chi connectivity index (χ4v) is 0. The number of hydrogen-bond acceptors (Lipinski definition) is 5. The maximum Gasteiger partial charge on any atom is 0.317 e. The molecule has 0 spiro atoms. The third kappa shape index (κ3) is 13700. The van der Waals surface area contributed by atoms with Crippen molar-refractivity contribution >= 4 is 40.1 Å². The molecule has 0 fully saturated rings. The molecule has 9 heteroatoms. The van der Waals surface area contributed by atoms with Gasteiger partial charge in [0.25, 0.3) is 0 Å². The van der Waals surface area contributed by atoms with E-state index in [1.54, 1.807) is 0 Å². The maximum atomic E-state index is 9.16. The normalized spacial score (nSPS) is 9.11. The minimum atomic E-state index is -3.72. The third-order valence-corrected chi connectivity index (χ3v) is 0. The molecule has 56 valence electrons. The Morgan fingerprint density at radius 2 is 1.22 bits per heavy atom. The molecule has 0 bridgehead atoms. The van der Waals surface area contributed by atoms with Crippen LogP contribution >= 0.6 is 21.4 Å². The van der Waals surface area contributed by atoms with Crippen molar-refractivity contribution in [1.29, 1.82) is 4.78 Å². The van der Waals surface area contributed by atoms with Gasteiger partial charge in [-0.1, -0.05) is 0 Å². The molecular weight excluding hydrogens is 213 g/mol. The monoisotopic (exact) mass is 213 g/mol. The molecule has 0 unspecified atom stereocenters. The first-order valence-electron chi connectivity index (χ1n) is 1.18. The molecule has 0 aromatic heterocycles. The van der Waals surface area contributed by atoms with Crippen molar-refractivity contribution in [3.05, 3.63) is 0 Å². The van der Waals surface area contributed by atoms with Crippen molar-refractivity contribution in [2.75, 3.05) is 0 Å². The molecule has 0 heterocycles. The second-order valence-electron chi connectivity index (χ2n) is 0.613. The molecule has 0 aromatic carbocycles. The first-order chi connectivity index (χ1) is 3.73. The molecule has 0 aliphatic heterocycles. The highest BCUT2D eigenvalue weighted by Gasteiger charge is 1.88. The van der Waals surface area contributed by atoms with Crippen LogP contribution in [0.3, 0.4) is 0 Å². The van der Waals surface area contributed by atoms with Crippen LogP contribution in [0.5, 0.6) is 0 Å². The van der Waals surface area contributed by atoms with Gasteiger partial charge in [0.15, 0.2) is 0 Å². The summed E-state index contributed by atoms with van der Waals surface area (Å²) < 4.78 is 41.2. The third-order valence-electron chi connectivity index (χ3n) is 0. The molecule has 9 heavy (non-hydrogen) atoms. The van der Waals surface area contributed by atoms with Crippen LogP contribution in [0.25, 0.3) is 0 Å². The van der Waals surface area contributed by atoms with Gasteiger partial charge >= 0.3 is 18.8 Å². The molecule has 0 aromatic rings. The summed E-state index contributed by atoms with van der Waals surface area (Å²) in [4.78, 5) is 0. The lowest BCUT2D eigenvalue weighted by molar-refractivity contribution is 0.619. The van der Waals surface area contributed by atoms with Gasteiger partial charge in [0.2, 0.25) is 0 Å². The summed E-state index contributed by atoms with van der Waals surface area (Å²) in [6.45, 7) is 0. The Bertz CT molecular complexity index is 229. The molecule has 1 N–H and O–H groups in total. The highest BCUT2D eigenvalue weighted by atomic mass is 36.0. The molecule has 0 saturated heterocycles. The van der Waals surface area contributed by atoms with Crippen molar-refractivity contribution in [1.82, 2.24) is 0 Å². The minimum absolute atomic E-state index is 2.61. The lowest BCUT2D eigenvalue weighted by Crippen LogP contribution is -1.63. The molecule has 0 saturated carbocycles. The zero-order valence-electron chi connectivity index (χ0n) is 3.71. The highest BCUT2D eigenvalue weighted by molar-refractivity contribution is 8.31. The molecule has 0 atom stereocenters. The van der Waals surface area contributed by atoms with Gasteiger partial charge < -0.3 is 0 Å². The Hall–Kier alpha value is 0.150. The van der Waals surface area contributed by atoms with Gasteiger partial charge in [0, 0.05) is 21.4 Å². The van der Waals surface area contributed by atoms with E-state index in [1.165, 1.54) is 0 Å². The zero-order valence-corrected chi connectivity index (χ0v) is 6.85. The van der Waals surface area contributed by atoms with E-state index in [0.717, 1.165) is 0 Å². The van der Waals surface area contributed by atoms with Crippen molar-refractivity contribution in [2.45, 2.75) is 0 Å². The topological polar surface area (TPSA) is 92.1 Å². The largest absolute Gasteiger partial charge is 0.317 e. The Kier molecular flexibility index (Phi) is 6.57. The Labute approximate surface area is 62.0 Å². The summed E-state index contributed by atoms with van der Waals surface area (Å²) in [5.74, 6) is 0. The van der Waals surface area contributed by atoms with Gasteiger partial charge in [0.1, 0.15) is 0 Å². The van der Waals surface area contributed by atoms with Crippen LogP contribution in [-0.4, -0.2) is 16.8 Å². The predicted octanol–water partition coefficient (Wildman–Crippen LogP) is 0.337. The standard InChI is InChI=1S/Cl2O2S.HNO2S/c1-5(2,3)4;1-4(2)3/h;1H. The van der Waals surface area contributed by atoms with E-state index in [9.17, 15) is 0 Å². The molecular formula is HCl2NO4S2. The summed E-state index contributed by atoms with van der Waals surface area (Å²) in [6, 6.07) is 0. The number of halogens is 2. The lowest BCUT2D eigenvalue weighted by Gasteiger charge is -1.61. The Balaban J connectivity index is 0. The van der Waals surface area contributed by atoms with Crippen LogP contribution in [-0.2, 0) is 18.8 Å². The summed E-state index contributed by atoms with van der Waals surface area (Å²) in [5, 5.41) is 0. The van der Waals surface area contributed by atoms with E-state index in [-0.39, 0.29) is 0 Å². The van der Waals surface area contributed by atoms with Gasteiger partial charge in [-0.05, 0) is 0 Å². The fraction of sp³-hybridized carbons (Fsp3) is 0. The van der Waals surface area contributed by atoms with Crippen molar-refractivity contribution in [3.8, 4) is 0 Å². The summed E-state index contributed by atoms with van der Waals surface area (Å²) in [7, 11) is 2.20. The molecule has 0 amide bonds. The van der Waals surface area contributed by atoms with E-state index < -0.39 is 18.8 Å². The summed E-state index contributed by atoms with van der Waals surface area (Å²) >= 11 is 0. The van der Waals surface area contributed by atoms with Gasteiger partial charge in [-0.15, -0.1) is 0 Å². The van der Waals surface area contributed by atoms with Crippen LogP contribution in [0.15, 0.2) is 0 Å². The summed E-state index contributed by atoms with van der Waals surface area (Å²) in [6.07, 6.45) is 0. The van der Waals surface area contributed by atoms with Crippen LogP contribution in [0.2, 0.25) is 0 Å². The SMILES string of the molecule is N=S(=O)=O.O=S(=O)(Cl)Cl. The Morgan fingerprint density at radius 1 is 1.22 bits per heavy atom. The number of nitrogens with one attached hydrogen (secondary N) is 1.